The van der Waals surface area contributed by atoms with Crippen molar-refractivity contribution in [3.8, 4) is 11.3 Å². The van der Waals surface area contributed by atoms with Crippen LogP contribution in [0.5, 0.6) is 0 Å². The number of rotatable bonds is 4. The molecule has 0 radical (unpaired) electrons. The molecule has 0 aliphatic carbocycles. The number of benzene rings is 1. The SMILES string of the molecule is C[C@@]1(C(=O)NCc2cc(-c3cccc(F)c3)no2)CCCCO1. The Kier molecular flexibility index (Phi) is 4.43. The van der Waals surface area contributed by atoms with E-state index in [1.54, 1.807) is 25.1 Å². The van der Waals surface area contributed by atoms with Crippen LogP contribution in [-0.4, -0.2) is 23.3 Å². The lowest BCUT2D eigenvalue weighted by Crippen LogP contribution is -2.48. The topological polar surface area (TPSA) is 64.4 Å². The molecule has 23 heavy (non-hydrogen) atoms. The van der Waals surface area contributed by atoms with Gasteiger partial charge in [-0.15, -0.1) is 0 Å². The van der Waals surface area contributed by atoms with E-state index < -0.39 is 5.60 Å². The van der Waals surface area contributed by atoms with E-state index in [4.69, 9.17) is 9.26 Å². The lowest BCUT2D eigenvalue weighted by molar-refractivity contribution is -0.150. The van der Waals surface area contributed by atoms with E-state index in [0.717, 1.165) is 12.8 Å². The molecule has 5 nitrogen and oxygen atoms in total. The van der Waals surface area contributed by atoms with Gasteiger partial charge in [0.1, 0.15) is 17.1 Å². The third-order valence-electron chi connectivity index (χ3n) is 4.05. The van der Waals surface area contributed by atoms with Gasteiger partial charge in [-0.1, -0.05) is 17.3 Å². The molecule has 0 bridgehead atoms. The van der Waals surface area contributed by atoms with Crippen LogP contribution in [0.3, 0.4) is 0 Å². The van der Waals surface area contributed by atoms with Crippen molar-refractivity contribution >= 4 is 5.91 Å². The minimum absolute atomic E-state index is 0.152. The molecule has 1 aliphatic rings. The number of ether oxygens (including phenoxy) is 1. The molecule has 122 valence electrons. The second-order valence-electron chi connectivity index (χ2n) is 5.91. The molecule has 6 heteroatoms. The van der Waals surface area contributed by atoms with Gasteiger partial charge in [0.15, 0.2) is 5.76 Å². The van der Waals surface area contributed by atoms with E-state index in [-0.39, 0.29) is 18.3 Å². The van der Waals surface area contributed by atoms with E-state index in [1.807, 2.05) is 0 Å². The van der Waals surface area contributed by atoms with Crippen molar-refractivity contribution < 1.29 is 18.4 Å². The summed E-state index contributed by atoms with van der Waals surface area (Å²) in [7, 11) is 0. The summed E-state index contributed by atoms with van der Waals surface area (Å²) >= 11 is 0. The summed E-state index contributed by atoms with van der Waals surface area (Å²) in [6.45, 7) is 2.64. The molecule has 3 rings (SSSR count). The van der Waals surface area contributed by atoms with Crippen LogP contribution in [0, 0.1) is 5.82 Å². The number of nitrogens with zero attached hydrogens (tertiary/aromatic N) is 1. The number of nitrogens with one attached hydrogen (secondary N) is 1. The molecule has 2 aromatic rings. The van der Waals surface area contributed by atoms with Crippen molar-refractivity contribution in [1.29, 1.82) is 0 Å². The zero-order chi connectivity index (χ0) is 16.3. The number of halogens is 1. The zero-order valence-corrected chi connectivity index (χ0v) is 13.0. The van der Waals surface area contributed by atoms with Crippen LogP contribution in [0.2, 0.25) is 0 Å². The second-order valence-corrected chi connectivity index (χ2v) is 5.91. The first-order valence-corrected chi connectivity index (χ1v) is 7.71. The Morgan fingerprint density at radius 1 is 1.39 bits per heavy atom. The summed E-state index contributed by atoms with van der Waals surface area (Å²) in [6.07, 6.45) is 2.68. The minimum Gasteiger partial charge on any atom is -0.365 e. The average molecular weight is 318 g/mol. The number of hydrogen-bond acceptors (Lipinski definition) is 4. The van der Waals surface area contributed by atoms with Crippen molar-refractivity contribution in [1.82, 2.24) is 10.5 Å². The highest BCUT2D eigenvalue weighted by molar-refractivity contribution is 5.84. The van der Waals surface area contributed by atoms with Gasteiger partial charge in [0.05, 0.1) is 6.54 Å². The Balaban J connectivity index is 1.62. The minimum atomic E-state index is -0.774. The van der Waals surface area contributed by atoms with Crippen LogP contribution in [0.25, 0.3) is 11.3 Å². The third-order valence-corrected chi connectivity index (χ3v) is 4.05. The van der Waals surface area contributed by atoms with E-state index in [9.17, 15) is 9.18 Å². The first-order chi connectivity index (χ1) is 11.1. The average Bonchev–Trinajstić information content (AvgIpc) is 3.02. The second kappa shape index (κ2) is 6.50. The molecule has 0 spiro atoms. The molecule has 2 heterocycles. The normalized spacial score (nSPS) is 21.1. The lowest BCUT2D eigenvalue weighted by atomic mass is 9.95. The molecule has 1 aliphatic heterocycles. The van der Waals surface area contributed by atoms with Gasteiger partial charge in [-0.3, -0.25) is 4.79 Å². The largest absolute Gasteiger partial charge is 0.365 e. The summed E-state index contributed by atoms with van der Waals surface area (Å²) in [5.74, 6) is 0.0284. The Morgan fingerprint density at radius 2 is 2.26 bits per heavy atom. The summed E-state index contributed by atoms with van der Waals surface area (Å²) in [5.41, 5.74) is 0.395. The predicted octanol–water partition coefficient (Wildman–Crippen LogP) is 3.06. The highest BCUT2D eigenvalue weighted by Crippen LogP contribution is 2.25. The number of carbonyl (C=O) groups is 1. The molecule has 1 aromatic heterocycles. The molecule has 1 fully saturated rings. The van der Waals surface area contributed by atoms with Gasteiger partial charge in [0, 0.05) is 18.2 Å². The molecule has 1 atom stereocenters. The van der Waals surface area contributed by atoms with E-state index in [0.29, 0.717) is 30.0 Å². The summed E-state index contributed by atoms with van der Waals surface area (Å²) in [4.78, 5) is 12.3. The Hall–Kier alpha value is -2.21. The highest BCUT2D eigenvalue weighted by Gasteiger charge is 2.35. The van der Waals surface area contributed by atoms with Gasteiger partial charge < -0.3 is 14.6 Å². The van der Waals surface area contributed by atoms with Crippen molar-refractivity contribution in [3.05, 3.63) is 41.9 Å². The molecule has 0 unspecified atom stereocenters. The van der Waals surface area contributed by atoms with Gasteiger partial charge in [0.2, 0.25) is 0 Å². The molecular weight excluding hydrogens is 299 g/mol. The standard InChI is InChI=1S/C17H19FN2O3/c1-17(7-2-3-8-22-17)16(21)19-11-14-10-15(20-23-14)12-5-4-6-13(18)9-12/h4-6,9-10H,2-3,7-8,11H2,1H3,(H,19,21)/t17-/m0/s1. The Labute approximate surface area is 133 Å². The van der Waals surface area contributed by atoms with Gasteiger partial charge in [-0.2, -0.15) is 0 Å². The lowest BCUT2D eigenvalue weighted by Gasteiger charge is -2.32. The van der Waals surface area contributed by atoms with E-state index in [1.165, 1.54) is 12.1 Å². The first kappa shape index (κ1) is 15.7. The third kappa shape index (κ3) is 3.59. The van der Waals surface area contributed by atoms with Gasteiger partial charge in [-0.05, 0) is 38.3 Å². The van der Waals surface area contributed by atoms with E-state index >= 15 is 0 Å². The van der Waals surface area contributed by atoms with Crippen molar-refractivity contribution in [2.75, 3.05) is 6.61 Å². The quantitative estimate of drug-likeness (QED) is 0.941. The predicted molar refractivity (Wildman–Crippen MR) is 82.0 cm³/mol. The van der Waals surface area contributed by atoms with Crippen LogP contribution < -0.4 is 5.32 Å². The summed E-state index contributed by atoms with van der Waals surface area (Å²) in [6, 6.07) is 7.81. The smallest absolute Gasteiger partial charge is 0.252 e. The number of hydrogen-bond donors (Lipinski definition) is 1. The molecule has 1 amide bonds. The summed E-state index contributed by atoms with van der Waals surface area (Å²) in [5, 5.41) is 6.72. The molecule has 1 aromatic carbocycles. The van der Waals surface area contributed by atoms with Gasteiger partial charge in [0.25, 0.3) is 5.91 Å². The monoisotopic (exact) mass is 318 g/mol. The first-order valence-electron chi connectivity index (χ1n) is 7.71. The van der Waals surface area contributed by atoms with Crippen LogP contribution in [-0.2, 0) is 16.1 Å². The maximum Gasteiger partial charge on any atom is 0.252 e. The van der Waals surface area contributed by atoms with Crippen LogP contribution in [0.15, 0.2) is 34.9 Å². The molecule has 0 saturated carbocycles. The maximum atomic E-state index is 13.2. The van der Waals surface area contributed by atoms with Crippen molar-refractivity contribution in [3.63, 3.8) is 0 Å². The highest BCUT2D eigenvalue weighted by atomic mass is 19.1. The van der Waals surface area contributed by atoms with Crippen LogP contribution in [0.4, 0.5) is 4.39 Å². The zero-order valence-electron chi connectivity index (χ0n) is 13.0. The fraction of sp³-hybridized carbons (Fsp3) is 0.412. The number of amides is 1. The molecule has 1 N–H and O–H groups in total. The number of carbonyl (C=O) groups excluding carboxylic acids is 1. The van der Waals surface area contributed by atoms with E-state index in [2.05, 4.69) is 10.5 Å². The van der Waals surface area contributed by atoms with Crippen LogP contribution in [0.1, 0.15) is 31.9 Å². The molecule has 1 saturated heterocycles. The fourth-order valence-corrected chi connectivity index (χ4v) is 2.65. The van der Waals surface area contributed by atoms with Gasteiger partial charge >= 0.3 is 0 Å². The number of aromatic nitrogens is 1. The Morgan fingerprint density at radius 3 is 3.00 bits per heavy atom. The fourth-order valence-electron chi connectivity index (χ4n) is 2.65. The molecular formula is C17H19FN2O3. The van der Waals surface area contributed by atoms with Crippen molar-refractivity contribution in [2.45, 2.75) is 38.3 Å². The summed E-state index contributed by atoms with van der Waals surface area (Å²) < 4.78 is 24.0. The Bertz CT molecular complexity index is 693. The van der Waals surface area contributed by atoms with Crippen LogP contribution >= 0.6 is 0 Å². The maximum absolute atomic E-state index is 13.2. The van der Waals surface area contributed by atoms with Gasteiger partial charge in [-0.25, -0.2) is 4.39 Å². The van der Waals surface area contributed by atoms with Crippen molar-refractivity contribution in [2.24, 2.45) is 0 Å².